The van der Waals surface area contributed by atoms with E-state index in [2.05, 4.69) is 26.3 Å². The number of carbonyl (C=O) groups excluding carboxylic acids is 3. The molecule has 10 nitrogen and oxygen atoms in total. The Balaban J connectivity index is 1.68. The van der Waals surface area contributed by atoms with Gasteiger partial charge < -0.3 is 15.2 Å². The second-order valence-corrected chi connectivity index (χ2v) is 8.21. The zero-order valence-corrected chi connectivity index (χ0v) is 17.4. The van der Waals surface area contributed by atoms with Crippen LogP contribution < -0.4 is 5.32 Å². The number of ether oxygens (including phenoxy) is 1. The van der Waals surface area contributed by atoms with E-state index < -0.39 is 35.2 Å². The summed E-state index contributed by atoms with van der Waals surface area (Å²) in [5.74, 6) is -2.45. The fourth-order valence-corrected chi connectivity index (χ4v) is 4.57. The topological polar surface area (TPSA) is 131 Å². The number of fused-ring (bicyclic) bond motifs is 1. The zero-order valence-electron chi connectivity index (χ0n) is 15.0. The number of hydrogen-bond donors (Lipinski definition) is 2. The monoisotopic (exact) mass is 472 g/mol. The van der Waals surface area contributed by atoms with Gasteiger partial charge in [0.05, 0.1) is 10.2 Å². The third-order valence-electron chi connectivity index (χ3n) is 4.21. The summed E-state index contributed by atoms with van der Waals surface area (Å²) in [4.78, 5) is 48.5. The van der Waals surface area contributed by atoms with Gasteiger partial charge in [0.2, 0.25) is 5.91 Å². The Morgan fingerprint density at radius 2 is 2.18 bits per heavy atom. The molecule has 0 saturated carbocycles. The SMILES string of the molecule is CC(=O)OCC1=C(C(=O)O)N2C(=O)[C@H](NC(=O)Cn3cc(Br)c(C)n3)[C@@H]2SC1. The van der Waals surface area contributed by atoms with Crippen molar-refractivity contribution < 1.29 is 29.0 Å². The minimum Gasteiger partial charge on any atom is -0.477 e. The van der Waals surface area contributed by atoms with Crippen LogP contribution in [0.15, 0.2) is 21.9 Å². The van der Waals surface area contributed by atoms with Gasteiger partial charge in [0.25, 0.3) is 5.91 Å². The molecule has 2 atom stereocenters. The number of hydrogen-bond acceptors (Lipinski definition) is 7. The maximum atomic E-state index is 12.5. The lowest BCUT2D eigenvalue weighted by molar-refractivity contribution is -0.151. The van der Waals surface area contributed by atoms with Crippen LogP contribution in [0.3, 0.4) is 0 Å². The minimum absolute atomic E-state index is 0.0626. The van der Waals surface area contributed by atoms with Crippen LogP contribution in [0.5, 0.6) is 0 Å². The lowest BCUT2D eigenvalue weighted by Crippen LogP contribution is -2.70. The van der Waals surface area contributed by atoms with Gasteiger partial charge in [0.1, 0.15) is 30.3 Å². The summed E-state index contributed by atoms with van der Waals surface area (Å²) >= 11 is 4.62. The Morgan fingerprint density at radius 1 is 1.46 bits per heavy atom. The first-order valence-electron chi connectivity index (χ1n) is 8.21. The van der Waals surface area contributed by atoms with Crippen LogP contribution in [-0.2, 0) is 30.5 Å². The Bertz CT molecular complexity index is 878. The first-order chi connectivity index (χ1) is 13.2. The average Bonchev–Trinajstić information content (AvgIpc) is 2.93. The highest BCUT2D eigenvalue weighted by Crippen LogP contribution is 2.40. The Kier molecular flexibility index (Phi) is 5.79. The minimum atomic E-state index is -1.28. The molecule has 0 aromatic carbocycles. The van der Waals surface area contributed by atoms with E-state index in [1.54, 1.807) is 13.1 Å². The van der Waals surface area contributed by atoms with E-state index in [1.807, 2.05) is 0 Å². The van der Waals surface area contributed by atoms with Gasteiger partial charge in [-0.05, 0) is 22.9 Å². The van der Waals surface area contributed by atoms with Gasteiger partial charge in [-0.15, -0.1) is 11.8 Å². The number of carboxylic acid groups (broad SMARTS) is 1. The van der Waals surface area contributed by atoms with E-state index >= 15 is 0 Å². The van der Waals surface area contributed by atoms with Crippen LogP contribution in [0.2, 0.25) is 0 Å². The number of thioether (sulfide) groups is 1. The quantitative estimate of drug-likeness (QED) is 0.445. The molecule has 2 N–H and O–H groups in total. The van der Waals surface area contributed by atoms with Gasteiger partial charge >= 0.3 is 11.9 Å². The number of nitrogens with zero attached hydrogens (tertiary/aromatic N) is 3. The van der Waals surface area contributed by atoms with E-state index in [-0.39, 0.29) is 24.6 Å². The molecule has 0 unspecified atom stereocenters. The van der Waals surface area contributed by atoms with E-state index in [9.17, 15) is 24.3 Å². The van der Waals surface area contributed by atoms with Crippen LogP contribution in [0.4, 0.5) is 0 Å². The molecular formula is C16H17BrN4O6S. The maximum absolute atomic E-state index is 12.5. The van der Waals surface area contributed by atoms with Crippen LogP contribution in [0.1, 0.15) is 12.6 Å². The number of aromatic nitrogens is 2. The molecule has 2 aliphatic heterocycles. The van der Waals surface area contributed by atoms with Crippen LogP contribution >= 0.6 is 27.7 Å². The van der Waals surface area contributed by atoms with Crippen molar-refractivity contribution in [2.45, 2.75) is 31.8 Å². The highest BCUT2D eigenvalue weighted by Gasteiger charge is 2.54. The van der Waals surface area contributed by atoms with E-state index in [0.717, 1.165) is 15.1 Å². The van der Waals surface area contributed by atoms with E-state index in [1.165, 1.54) is 23.4 Å². The molecule has 0 bridgehead atoms. The van der Waals surface area contributed by atoms with Crippen molar-refractivity contribution in [3.63, 3.8) is 0 Å². The van der Waals surface area contributed by atoms with Crippen molar-refractivity contribution in [3.8, 4) is 0 Å². The molecule has 0 radical (unpaired) electrons. The zero-order chi connectivity index (χ0) is 20.6. The summed E-state index contributed by atoms with van der Waals surface area (Å²) in [6.07, 6.45) is 1.66. The second-order valence-electron chi connectivity index (χ2n) is 6.25. The molecular weight excluding hydrogens is 456 g/mol. The molecule has 1 fully saturated rings. The number of aryl methyl sites for hydroxylation is 1. The van der Waals surface area contributed by atoms with Gasteiger partial charge in [-0.3, -0.25) is 24.0 Å². The van der Waals surface area contributed by atoms with Crippen LogP contribution in [0, 0.1) is 6.92 Å². The predicted octanol–water partition coefficient (Wildman–Crippen LogP) is 0.256. The van der Waals surface area contributed by atoms with Gasteiger partial charge in [0.15, 0.2) is 0 Å². The number of amides is 2. The summed E-state index contributed by atoms with van der Waals surface area (Å²) in [6, 6.07) is -0.817. The predicted molar refractivity (Wildman–Crippen MR) is 101 cm³/mol. The molecule has 0 aliphatic carbocycles. The summed E-state index contributed by atoms with van der Waals surface area (Å²) in [6.45, 7) is 2.76. The Labute approximate surface area is 172 Å². The second kappa shape index (κ2) is 7.95. The number of carboxylic acids is 1. The smallest absolute Gasteiger partial charge is 0.352 e. The van der Waals surface area contributed by atoms with Gasteiger partial charge in [-0.1, -0.05) is 0 Å². The van der Waals surface area contributed by atoms with Crippen molar-refractivity contribution in [2.24, 2.45) is 0 Å². The third-order valence-corrected chi connectivity index (χ3v) is 6.33. The number of carbonyl (C=O) groups is 4. The first-order valence-corrected chi connectivity index (χ1v) is 10.1. The van der Waals surface area contributed by atoms with E-state index in [4.69, 9.17) is 4.74 Å². The van der Waals surface area contributed by atoms with Crippen molar-refractivity contribution in [1.29, 1.82) is 0 Å². The maximum Gasteiger partial charge on any atom is 0.352 e. The lowest BCUT2D eigenvalue weighted by Gasteiger charge is -2.49. The summed E-state index contributed by atoms with van der Waals surface area (Å²) in [5.41, 5.74) is 0.893. The number of β-lactam (4-membered cyclic amide) rings is 1. The molecule has 1 saturated heterocycles. The molecule has 0 spiro atoms. The average molecular weight is 473 g/mol. The molecule has 3 rings (SSSR count). The molecule has 150 valence electrons. The Hall–Kier alpha value is -2.34. The molecule has 2 aliphatic rings. The van der Waals surface area contributed by atoms with Crippen LogP contribution in [-0.4, -0.2) is 67.3 Å². The number of rotatable bonds is 6. The lowest BCUT2D eigenvalue weighted by atomic mass is 10.0. The largest absolute Gasteiger partial charge is 0.477 e. The molecule has 12 heteroatoms. The molecule has 1 aromatic heterocycles. The van der Waals surface area contributed by atoms with Crippen molar-refractivity contribution in [2.75, 3.05) is 12.4 Å². The number of nitrogens with one attached hydrogen (secondary N) is 1. The van der Waals surface area contributed by atoms with Crippen molar-refractivity contribution >= 4 is 51.4 Å². The fraction of sp³-hybridized carbons (Fsp3) is 0.438. The normalized spacial score (nSPS) is 21.1. The highest BCUT2D eigenvalue weighted by molar-refractivity contribution is 9.10. The first kappa shape index (κ1) is 20.4. The summed E-state index contributed by atoms with van der Waals surface area (Å²) in [7, 11) is 0. The van der Waals surface area contributed by atoms with Crippen LogP contribution in [0.25, 0.3) is 0 Å². The van der Waals surface area contributed by atoms with E-state index in [0.29, 0.717) is 5.57 Å². The summed E-state index contributed by atoms with van der Waals surface area (Å²) < 4.78 is 7.10. The summed E-state index contributed by atoms with van der Waals surface area (Å²) in [5, 5.41) is 15.8. The molecule has 3 heterocycles. The number of aliphatic carboxylic acids is 1. The number of halogens is 1. The van der Waals surface area contributed by atoms with Crippen molar-refractivity contribution in [1.82, 2.24) is 20.0 Å². The highest BCUT2D eigenvalue weighted by atomic mass is 79.9. The fourth-order valence-electron chi connectivity index (χ4n) is 2.92. The standard InChI is InChI=1S/C16H17BrN4O6S/c1-7-10(17)3-20(19-7)4-11(23)18-12-14(24)21-13(16(25)26)9(5-27-8(2)22)6-28-15(12)21/h3,12,15H,4-6H2,1-2H3,(H,18,23)(H,25,26)/t12-,15-/m0/s1. The van der Waals surface area contributed by atoms with Crippen molar-refractivity contribution in [3.05, 3.63) is 27.6 Å². The van der Waals surface area contributed by atoms with Gasteiger partial charge in [-0.2, -0.15) is 5.10 Å². The third kappa shape index (κ3) is 3.92. The molecule has 28 heavy (non-hydrogen) atoms. The van der Waals surface area contributed by atoms with Gasteiger partial charge in [-0.25, -0.2) is 4.79 Å². The number of esters is 1. The molecule has 2 amide bonds. The molecule has 1 aromatic rings. The Morgan fingerprint density at radius 3 is 2.75 bits per heavy atom. The van der Waals surface area contributed by atoms with Gasteiger partial charge in [0, 0.05) is 24.4 Å².